The summed E-state index contributed by atoms with van der Waals surface area (Å²) in [6, 6.07) is 4.35. The molecule has 0 aromatic heterocycles. The van der Waals surface area contributed by atoms with Crippen LogP contribution in [0.1, 0.15) is 43.4 Å². The summed E-state index contributed by atoms with van der Waals surface area (Å²) in [7, 11) is 0. The van der Waals surface area contributed by atoms with Gasteiger partial charge in [0.05, 0.1) is 0 Å². The van der Waals surface area contributed by atoms with E-state index in [2.05, 4.69) is 24.4 Å². The fourth-order valence-electron chi connectivity index (χ4n) is 2.54. The highest BCUT2D eigenvalue weighted by molar-refractivity contribution is 5.77. The number of carbonyl (C=O) groups is 1. The molecular formula is C17H28N2O2. The highest BCUT2D eigenvalue weighted by atomic mass is 16.5. The zero-order valence-corrected chi connectivity index (χ0v) is 13.7. The molecule has 1 unspecified atom stereocenters. The molecule has 4 nitrogen and oxygen atoms in total. The van der Waals surface area contributed by atoms with E-state index in [-0.39, 0.29) is 18.6 Å². The van der Waals surface area contributed by atoms with Crippen LogP contribution in [0.3, 0.4) is 0 Å². The first kappa shape index (κ1) is 17.5. The van der Waals surface area contributed by atoms with E-state index in [0.717, 1.165) is 36.1 Å². The summed E-state index contributed by atoms with van der Waals surface area (Å²) in [5.41, 5.74) is 8.89. The van der Waals surface area contributed by atoms with Gasteiger partial charge in [0.15, 0.2) is 6.61 Å². The summed E-state index contributed by atoms with van der Waals surface area (Å²) in [5, 5.41) is 2.94. The molecule has 0 aliphatic rings. The van der Waals surface area contributed by atoms with E-state index in [9.17, 15) is 4.79 Å². The van der Waals surface area contributed by atoms with Crippen molar-refractivity contribution in [2.24, 2.45) is 5.73 Å². The molecule has 1 amide bonds. The molecule has 1 aromatic rings. The topological polar surface area (TPSA) is 64.3 Å². The molecule has 0 saturated carbocycles. The lowest BCUT2D eigenvalue weighted by molar-refractivity contribution is -0.123. The summed E-state index contributed by atoms with van der Waals surface area (Å²) < 4.78 is 5.70. The van der Waals surface area contributed by atoms with Crippen molar-refractivity contribution in [1.82, 2.24) is 5.32 Å². The van der Waals surface area contributed by atoms with Crippen LogP contribution >= 0.6 is 0 Å². The van der Waals surface area contributed by atoms with E-state index < -0.39 is 0 Å². The normalized spacial score (nSPS) is 12.0. The van der Waals surface area contributed by atoms with Crippen molar-refractivity contribution < 1.29 is 9.53 Å². The number of ether oxygens (including phenoxy) is 1. The van der Waals surface area contributed by atoms with Crippen LogP contribution in [0, 0.1) is 13.8 Å². The van der Waals surface area contributed by atoms with Crippen molar-refractivity contribution in [3.05, 3.63) is 28.8 Å². The Bertz CT molecular complexity index is 449. The number of benzene rings is 1. The predicted molar refractivity (Wildman–Crippen MR) is 86.7 cm³/mol. The minimum absolute atomic E-state index is 0.0615. The Morgan fingerprint density at radius 1 is 1.33 bits per heavy atom. The predicted octanol–water partition coefficient (Wildman–Crippen LogP) is 2.49. The maximum Gasteiger partial charge on any atom is 0.258 e. The Hall–Kier alpha value is -1.55. The lowest BCUT2D eigenvalue weighted by Crippen LogP contribution is -2.36. The molecule has 21 heavy (non-hydrogen) atoms. The molecule has 0 aliphatic heterocycles. The van der Waals surface area contributed by atoms with E-state index in [1.54, 1.807) is 0 Å². The van der Waals surface area contributed by atoms with E-state index >= 15 is 0 Å². The molecule has 1 rings (SSSR count). The van der Waals surface area contributed by atoms with Crippen LogP contribution in [-0.2, 0) is 11.2 Å². The third-order valence-corrected chi connectivity index (χ3v) is 3.43. The third kappa shape index (κ3) is 5.76. The van der Waals surface area contributed by atoms with Gasteiger partial charge in [0.1, 0.15) is 5.75 Å². The van der Waals surface area contributed by atoms with Crippen LogP contribution < -0.4 is 15.8 Å². The number of aryl methyl sites for hydroxylation is 2. The molecule has 118 valence electrons. The van der Waals surface area contributed by atoms with Crippen LogP contribution in [0.2, 0.25) is 0 Å². The number of hydrogen-bond donors (Lipinski definition) is 2. The van der Waals surface area contributed by atoms with Gasteiger partial charge < -0.3 is 15.8 Å². The standard InChI is InChI=1S/C17H28N2O2/c1-5-6-14(4)19-16(20)11-21-17-12(2)9-15(7-8-18)10-13(17)3/h9-10,14H,5-8,11,18H2,1-4H3,(H,19,20). The van der Waals surface area contributed by atoms with Crippen LogP contribution in [0.25, 0.3) is 0 Å². The maximum atomic E-state index is 11.8. The van der Waals surface area contributed by atoms with Crippen molar-refractivity contribution in [1.29, 1.82) is 0 Å². The highest BCUT2D eigenvalue weighted by Gasteiger charge is 2.10. The Balaban J connectivity index is 2.61. The second-order valence-electron chi connectivity index (χ2n) is 5.64. The summed E-state index contributed by atoms with van der Waals surface area (Å²) in [5.74, 6) is 0.731. The molecule has 3 N–H and O–H groups in total. The number of nitrogens with two attached hydrogens (primary N) is 1. The molecule has 0 radical (unpaired) electrons. The van der Waals surface area contributed by atoms with Crippen molar-refractivity contribution in [3.8, 4) is 5.75 Å². The van der Waals surface area contributed by atoms with Gasteiger partial charge in [-0.15, -0.1) is 0 Å². The van der Waals surface area contributed by atoms with Gasteiger partial charge in [0, 0.05) is 6.04 Å². The van der Waals surface area contributed by atoms with Crippen molar-refractivity contribution in [2.45, 2.75) is 53.0 Å². The first-order chi connectivity index (χ1) is 9.97. The molecule has 1 aromatic carbocycles. The largest absolute Gasteiger partial charge is 0.483 e. The molecule has 0 heterocycles. The Labute approximate surface area is 128 Å². The van der Waals surface area contributed by atoms with Gasteiger partial charge in [-0.3, -0.25) is 4.79 Å². The van der Waals surface area contributed by atoms with Gasteiger partial charge in [-0.1, -0.05) is 25.5 Å². The molecule has 0 bridgehead atoms. The van der Waals surface area contributed by atoms with Crippen molar-refractivity contribution in [2.75, 3.05) is 13.2 Å². The number of amides is 1. The molecule has 0 saturated heterocycles. The van der Waals surface area contributed by atoms with E-state index in [4.69, 9.17) is 10.5 Å². The van der Waals surface area contributed by atoms with Gasteiger partial charge in [0.2, 0.25) is 0 Å². The average molecular weight is 292 g/mol. The highest BCUT2D eigenvalue weighted by Crippen LogP contribution is 2.24. The second kappa shape index (κ2) is 8.67. The van der Waals surface area contributed by atoms with Gasteiger partial charge in [0.25, 0.3) is 5.91 Å². The third-order valence-electron chi connectivity index (χ3n) is 3.43. The lowest BCUT2D eigenvalue weighted by atomic mass is 10.0. The van der Waals surface area contributed by atoms with E-state index in [0.29, 0.717) is 6.54 Å². The molecular weight excluding hydrogens is 264 g/mol. The summed E-state index contributed by atoms with van der Waals surface area (Å²) >= 11 is 0. The van der Waals surface area contributed by atoms with Gasteiger partial charge >= 0.3 is 0 Å². The number of carbonyl (C=O) groups excluding carboxylic acids is 1. The molecule has 0 fully saturated rings. The fourth-order valence-corrected chi connectivity index (χ4v) is 2.54. The fraction of sp³-hybridized carbons (Fsp3) is 0.588. The van der Waals surface area contributed by atoms with Crippen molar-refractivity contribution >= 4 is 5.91 Å². The smallest absolute Gasteiger partial charge is 0.258 e. The molecule has 4 heteroatoms. The first-order valence-electron chi connectivity index (χ1n) is 7.70. The number of rotatable bonds is 8. The molecule has 0 spiro atoms. The summed E-state index contributed by atoms with van der Waals surface area (Å²) in [4.78, 5) is 11.8. The Kier molecular flexibility index (Phi) is 7.23. The Morgan fingerprint density at radius 2 is 1.95 bits per heavy atom. The van der Waals surface area contributed by atoms with Crippen LogP contribution in [0.15, 0.2) is 12.1 Å². The molecule has 0 aliphatic carbocycles. The first-order valence-corrected chi connectivity index (χ1v) is 7.70. The SMILES string of the molecule is CCCC(C)NC(=O)COc1c(C)cc(CCN)cc1C. The van der Waals surface area contributed by atoms with Gasteiger partial charge in [-0.2, -0.15) is 0 Å². The summed E-state index contributed by atoms with van der Waals surface area (Å²) in [6.07, 6.45) is 2.90. The Morgan fingerprint density at radius 3 is 2.48 bits per heavy atom. The number of nitrogens with one attached hydrogen (secondary N) is 1. The molecule has 1 atom stereocenters. The van der Waals surface area contributed by atoms with E-state index in [1.807, 2.05) is 20.8 Å². The maximum absolute atomic E-state index is 11.8. The van der Waals surface area contributed by atoms with Gasteiger partial charge in [-0.25, -0.2) is 0 Å². The van der Waals surface area contributed by atoms with Crippen LogP contribution in [0.4, 0.5) is 0 Å². The quantitative estimate of drug-likeness (QED) is 0.773. The summed E-state index contributed by atoms with van der Waals surface area (Å²) in [6.45, 7) is 8.82. The lowest BCUT2D eigenvalue weighted by Gasteiger charge is -2.16. The zero-order chi connectivity index (χ0) is 15.8. The van der Waals surface area contributed by atoms with E-state index in [1.165, 1.54) is 5.56 Å². The minimum atomic E-state index is -0.0687. The second-order valence-corrected chi connectivity index (χ2v) is 5.64. The van der Waals surface area contributed by atoms with Crippen LogP contribution in [0.5, 0.6) is 5.75 Å². The van der Waals surface area contributed by atoms with Crippen molar-refractivity contribution in [3.63, 3.8) is 0 Å². The number of hydrogen-bond acceptors (Lipinski definition) is 3. The minimum Gasteiger partial charge on any atom is -0.483 e. The average Bonchev–Trinajstić information content (AvgIpc) is 2.38. The zero-order valence-electron chi connectivity index (χ0n) is 13.7. The van der Waals surface area contributed by atoms with Gasteiger partial charge in [-0.05, 0) is 56.8 Å². The van der Waals surface area contributed by atoms with Crippen LogP contribution in [-0.4, -0.2) is 25.1 Å². The monoisotopic (exact) mass is 292 g/mol.